The second-order valence-electron chi connectivity index (χ2n) is 7.77. The van der Waals surface area contributed by atoms with E-state index in [1.54, 1.807) is 0 Å². The monoisotopic (exact) mass is 362 g/mol. The van der Waals surface area contributed by atoms with E-state index in [4.69, 9.17) is 9.47 Å². The second kappa shape index (κ2) is 8.18. The van der Waals surface area contributed by atoms with Gasteiger partial charge < -0.3 is 35.0 Å². The molecule has 0 aromatic rings. The van der Waals surface area contributed by atoms with E-state index in [1.807, 2.05) is 0 Å². The summed E-state index contributed by atoms with van der Waals surface area (Å²) in [5, 5.41) is 48.7. The first kappa shape index (κ1) is 20.4. The van der Waals surface area contributed by atoms with Crippen molar-refractivity contribution in [1.82, 2.24) is 0 Å². The number of aliphatic hydroxyl groups is 5. The molecule has 0 radical (unpaired) electrons. The maximum atomic E-state index is 12.1. The van der Waals surface area contributed by atoms with Gasteiger partial charge in [-0.2, -0.15) is 0 Å². The molecule has 0 bridgehead atoms. The van der Waals surface area contributed by atoms with Gasteiger partial charge in [-0.15, -0.1) is 0 Å². The third kappa shape index (κ3) is 4.43. The zero-order valence-corrected chi connectivity index (χ0v) is 14.9. The Morgan fingerprint density at radius 3 is 1.92 bits per heavy atom. The summed E-state index contributed by atoms with van der Waals surface area (Å²) < 4.78 is 10.4. The summed E-state index contributed by atoms with van der Waals surface area (Å²) in [4.78, 5) is 12.1. The van der Waals surface area contributed by atoms with E-state index in [9.17, 15) is 30.3 Å². The molecule has 8 heteroatoms. The van der Waals surface area contributed by atoms with Crippen molar-refractivity contribution in [3.05, 3.63) is 0 Å². The van der Waals surface area contributed by atoms with E-state index in [2.05, 4.69) is 20.8 Å². The van der Waals surface area contributed by atoms with Crippen molar-refractivity contribution >= 4 is 6.16 Å². The Balaban J connectivity index is 2.00. The van der Waals surface area contributed by atoms with Crippen molar-refractivity contribution in [3.63, 3.8) is 0 Å². The van der Waals surface area contributed by atoms with Gasteiger partial charge in [0.2, 0.25) is 0 Å². The predicted octanol–water partition coefficient (Wildman–Crippen LogP) is -0.213. The number of rotatable bonds is 3. The first-order valence-electron chi connectivity index (χ1n) is 8.91. The van der Waals surface area contributed by atoms with E-state index in [1.165, 1.54) is 0 Å². The van der Waals surface area contributed by atoms with Crippen LogP contribution in [-0.2, 0) is 9.47 Å². The van der Waals surface area contributed by atoms with Crippen LogP contribution in [0.2, 0.25) is 0 Å². The van der Waals surface area contributed by atoms with Gasteiger partial charge in [-0.1, -0.05) is 27.2 Å². The smallest absolute Gasteiger partial charge is 0.431 e. The summed E-state index contributed by atoms with van der Waals surface area (Å²) in [5.41, 5.74) is 0. The molecule has 2 aliphatic carbocycles. The van der Waals surface area contributed by atoms with Crippen LogP contribution in [0.5, 0.6) is 0 Å². The lowest BCUT2D eigenvalue weighted by molar-refractivity contribution is -0.227. The van der Waals surface area contributed by atoms with Crippen LogP contribution in [0.25, 0.3) is 0 Å². The van der Waals surface area contributed by atoms with Crippen LogP contribution >= 0.6 is 0 Å². The Morgan fingerprint density at radius 2 is 1.40 bits per heavy atom. The predicted molar refractivity (Wildman–Crippen MR) is 86.5 cm³/mol. The summed E-state index contributed by atoms with van der Waals surface area (Å²) in [6.07, 6.45) is -8.94. The Bertz CT molecular complexity index is 440. The lowest BCUT2D eigenvalue weighted by atomic mass is 9.75. The first-order valence-corrected chi connectivity index (χ1v) is 8.91. The molecular formula is C17H30O8. The Labute approximate surface area is 147 Å². The molecule has 0 amide bonds. The summed E-state index contributed by atoms with van der Waals surface area (Å²) >= 11 is 0. The van der Waals surface area contributed by atoms with Crippen LogP contribution in [0.1, 0.15) is 40.0 Å². The molecule has 0 aromatic carbocycles. The van der Waals surface area contributed by atoms with Crippen LogP contribution < -0.4 is 0 Å². The van der Waals surface area contributed by atoms with Crippen LogP contribution in [0, 0.1) is 17.8 Å². The van der Waals surface area contributed by atoms with E-state index < -0.39 is 42.8 Å². The minimum atomic E-state index is -1.74. The number of carbonyl (C=O) groups is 1. The topological polar surface area (TPSA) is 137 Å². The molecule has 0 spiro atoms. The van der Waals surface area contributed by atoms with Crippen molar-refractivity contribution in [1.29, 1.82) is 0 Å². The highest BCUT2D eigenvalue weighted by Gasteiger charge is 2.50. The molecular weight excluding hydrogens is 332 g/mol. The Hall–Kier alpha value is -0.930. The quantitative estimate of drug-likeness (QED) is 0.435. The van der Waals surface area contributed by atoms with Crippen molar-refractivity contribution < 1.29 is 39.8 Å². The van der Waals surface area contributed by atoms with Crippen molar-refractivity contribution in [3.8, 4) is 0 Å². The van der Waals surface area contributed by atoms with Crippen LogP contribution in [0.15, 0.2) is 0 Å². The van der Waals surface area contributed by atoms with E-state index in [-0.39, 0.29) is 12.0 Å². The highest BCUT2D eigenvalue weighted by Crippen LogP contribution is 2.35. The maximum absolute atomic E-state index is 12.1. The molecule has 2 fully saturated rings. The molecule has 2 unspecified atom stereocenters. The molecule has 2 saturated carbocycles. The molecule has 2 rings (SSSR count). The highest BCUT2D eigenvalue weighted by molar-refractivity contribution is 5.60. The van der Waals surface area contributed by atoms with Gasteiger partial charge in [0.1, 0.15) is 36.6 Å². The lowest BCUT2D eigenvalue weighted by Gasteiger charge is -2.41. The number of ether oxygens (including phenoxy) is 2. The van der Waals surface area contributed by atoms with Gasteiger partial charge in [-0.25, -0.2) is 4.79 Å². The molecule has 0 heterocycles. The zero-order chi connectivity index (χ0) is 18.9. The minimum Gasteiger partial charge on any atom is -0.431 e. The summed E-state index contributed by atoms with van der Waals surface area (Å²) in [6.45, 7) is 6.21. The van der Waals surface area contributed by atoms with Gasteiger partial charge in [0.25, 0.3) is 0 Å². The number of aliphatic hydroxyl groups excluding tert-OH is 5. The molecule has 25 heavy (non-hydrogen) atoms. The van der Waals surface area contributed by atoms with E-state index in [0.717, 1.165) is 12.8 Å². The fourth-order valence-corrected chi connectivity index (χ4v) is 3.85. The van der Waals surface area contributed by atoms with Crippen molar-refractivity contribution in [2.45, 2.75) is 82.8 Å². The van der Waals surface area contributed by atoms with Gasteiger partial charge in [0, 0.05) is 0 Å². The second-order valence-corrected chi connectivity index (χ2v) is 7.77. The number of hydrogen-bond donors (Lipinski definition) is 5. The SMILES string of the molecule is CC(C)[C@@H]1CC[C@@H](C)C[C@H]1OC(=O)OC1[C@@H](O)[C@H](O)C(O)[C@H](O)[C@@H]1O. The molecule has 0 aliphatic heterocycles. The fraction of sp³-hybridized carbons (Fsp3) is 0.941. The van der Waals surface area contributed by atoms with E-state index in [0.29, 0.717) is 18.3 Å². The third-order valence-electron chi connectivity index (χ3n) is 5.51. The molecule has 0 saturated heterocycles. The zero-order valence-electron chi connectivity index (χ0n) is 14.9. The largest absolute Gasteiger partial charge is 0.509 e. The Morgan fingerprint density at radius 1 is 0.880 bits per heavy atom. The minimum absolute atomic E-state index is 0.197. The molecule has 0 aromatic heterocycles. The first-order chi connectivity index (χ1) is 11.6. The van der Waals surface area contributed by atoms with Crippen molar-refractivity contribution in [2.75, 3.05) is 0 Å². The lowest BCUT2D eigenvalue weighted by Crippen LogP contribution is -2.64. The molecule has 146 valence electrons. The molecule has 5 N–H and O–H groups in total. The van der Waals surface area contributed by atoms with Gasteiger partial charge in [-0.05, 0) is 30.6 Å². The maximum Gasteiger partial charge on any atom is 0.509 e. The standard InChI is InChI=1S/C17H30O8/c1-7(2)9-5-4-8(3)6-10(9)24-17(23)25-16-14(21)12(19)11(18)13(20)15(16)22/h7-16,18-22H,4-6H2,1-3H3/t8-,9+,10-,11?,12-,13+,14+,15+,16?/m1/s1. The number of hydrogen-bond acceptors (Lipinski definition) is 8. The molecule has 2 aliphatic rings. The van der Waals surface area contributed by atoms with Gasteiger partial charge >= 0.3 is 6.16 Å². The van der Waals surface area contributed by atoms with Gasteiger partial charge in [-0.3, -0.25) is 0 Å². The third-order valence-corrected chi connectivity index (χ3v) is 5.51. The van der Waals surface area contributed by atoms with Gasteiger partial charge in [0.05, 0.1) is 0 Å². The fourth-order valence-electron chi connectivity index (χ4n) is 3.85. The van der Waals surface area contributed by atoms with Crippen molar-refractivity contribution in [2.24, 2.45) is 17.8 Å². The average Bonchev–Trinajstić information content (AvgIpc) is 2.55. The normalized spacial score (nSPS) is 45.2. The van der Waals surface area contributed by atoms with Crippen LogP contribution in [-0.4, -0.2) is 74.4 Å². The summed E-state index contributed by atoms with van der Waals surface area (Å²) in [7, 11) is 0. The van der Waals surface area contributed by atoms with Gasteiger partial charge in [0.15, 0.2) is 6.10 Å². The highest BCUT2D eigenvalue weighted by atomic mass is 16.7. The van der Waals surface area contributed by atoms with E-state index >= 15 is 0 Å². The molecule has 9 atom stereocenters. The Kier molecular flexibility index (Phi) is 6.67. The number of carbonyl (C=O) groups excluding carboxylic acids is 1. The van der Waals surface area contributed by atoms with Crippen LogP contribution in [0.4, 0.5) is 4.79 Å². The average molecular weight is 362 g/mol. The summed E-state index contributed by atoms with van der Waals surface area (Å²) in [6, 6.07) is 0. The van der Waals surface area contributed by atoms with Crippen LogP contribution in [0.3, 0.4) is 0 Å². The summed E-state index contributed by atoms with van der Waals surface area (Å²) in [5.74, 6) is 0.940. The molecule has 8 nitrogen and oxygen atoms in total.